The quantitative estimate of drug-likeness (QED) is 0.627. The zero-order valence-corrected chi connectivity index (χ0v) is 9.42. The number of rotatable bonds is 4. The molecule has 3 nitrogen and oxygen atoms in total. The Balaban J connectivity index is 2.64. The number of nitrogens with one attached hydrogen (secondary N) is 1. The lowest BCUT2D eigenvalue weighted by molar-refractivity contribution is 0.105. The van der Waals surface area contributed by atoms with Crippen LogP contribution in [0.15, 0.2) is 0 Å². The summed E-state index contributed by atoms with van der Waals surface area (Å²) in [6.45, 7) is 6.12. The van der Waals surface area contributed by atoms with Gasteiger partial charge in [-0.25, -0.2) is 0 Å². The van der Waals surface area contributed by atoms with E-state index in [1.807, 2.05) is 0 Å². The van der Waals surface area contributed by atoms with Gasteiger partial charge in [-0.15, -0.1) is 0 Å². The zero-order chi connectivity index (χ0) is 10.6. The Morgan fingerprint density at radius 2 is 2.21 bits per heavy atom. The minimum absolute atomic E-state index is 0.0698. The van der Waals surface area contributed by atoms with Crippen molar-refractivity contribution >= 4 is 0 Å². The fraction of sp³-hybridized carbons (Fsp3) is 1.00. The van der Waals surface area contributed by atoms with Crippen molar-refractivity contribution in [3.63, 3.8) is 0 Å². The fourth-order valence-corrected chi connectivity index (χ4v) is 2.68. The predicted molar refractivity (Wildman–Crippen MR) is 59.1 cm³/mol. The molecule has 0 aliphatic heterocycles. The summed E-state index contributed by atoms with van der Waals surface area (Å²) in [4.78, 5) is 0. The summed E-state index contributed by atoms with van der Waals surface area (Å²) in [7, 11) is 0. The van der Waals surface area contributed by atoms with Crippen molar-refractivity contribution in [2.24, 2.45) is 17.6 Å². The van der Waals surface area contributed by atoms with E-state index in [1.54, 1.807) is 0 Å². The van der Waals surface area contributed by atoms with Crippen molar-refractivity contribution < 1.29 is 5.11 Å². The van der Waals surface area contributed by atoms with Gasteiger partial charge in [-0.05, 0) is 18.3 Å². The average Bonchev–Trinajstić information content (AvgIpc) is 2.21. The summed E-state index contributed by atoms with van der Waals surface area (Å²) in [5, 5.41) is 12.3. The number of hydrogen-bond donors (Lipinski definition) is 3. The van der Waals surface area contributed by atoms with E-state index < -0.39 is 0 Å². The van der Waals surface area contributed by atoms with Gasteiger partial charge in [-0.1, -0.05) is 26.7 Å². The molecule has 0 aromatic heterocycles. The molecular weight excluding hydrogens is 176 g/mol. The van der Waals surface area contributed by atoms with Crippen LogP contribution < -0.4 is 11.1 Å². The monoisotopic (exact) mass is 200 g/mol. The molecule has 0 aromatic carbocycles. The van der Waals surface area contributed by atoms with E-state index in [1.165, 1.54) is 12.8 Å². The highest BCUT2D eigenvalue weighted by Gasteiger charge is 2.39. The summed E-state index contributed by atoms with van der Waals surface area (Å²) in [6.07, 6.45) is 3.71. The van der Waals surface area contributed by atoms with E-state index in [2.05, 4.69) is 19.2 Å². The van der Waals surface area contributed by atoms with Crippen molar-refractivity contribution in [3.8, 4) is 0 Å². The van der Waals surface area contributed by atoms with E-state index in [9.17, 15) is 0 Å². The second-order valence-corrected chi connectivity index (χ2v) is 4.67. The predicted octanol–water partition coefficient (Wildman–Crippen LogP) is 0.722. The van der Waals surface area contributed by atoms with E-state index >= 15 is 0 Å². The van der Waals surface area contributed by atoms with Gasteiger partial charge in [0.2, 0.25) is 0 Å². The van der Waals surface area contributed by atoms with Crippen molar-refractivity contribution in [3.05, 3.63) is 0 Å². The smallest absolute Gasteiger partial charge is 0.0556 e. The first-order valence-electron chi connectivity index (χ1n) is 5.72. The molecule has 0 aromatic rings. The van der Waals surface area contributed by atoms with E-state index in [0.29, 0.717) is 19.0 Å². The number of nitrogens with two attached hydrogens (primary N) is 1. The molecule has 0 spiro atoms. The Kier molecular flexibility index (Phi) is 4.35. The number of β-amino-alcohol motifs (C(OH)–C–C–N with tert-alkyl or cyclic N) is 1. The van der Waals surface area contributed by atoms with Gasteiger partial charge >= 0.3 is 0 Å². The molecular formula is C11H24N2O. The topological polar surface area (TPSA) is 58.3 Å². The van der Waals surface area contributed by atoms with Crippen LogP contribution in [0.1, 0.15) is 33.1 Å². The largest absolute Gasteiger partial charge is 0.395 e. The molecule has 1 fully saturated rings. The first-order chi connectivity index (χ1) is 6.66. The molecule has 3 unspecified atom stereocenters. The lowest BCUT2D eigenvalue weighted by Crippen LogP contribution is -2.59. The van der Waals surface area contributed by atoms with Gasteiger partial charge in [0.25, 0.3) is 0 Å². The number of aliphatic hydroxyl groups is 1. The highest BCUT2D eigenvalue weighted by atomic mass is 16.3. The Morgan fingerprint density at radius 1 is 1.50 bits per heavy atom. The Hall–Kier alpha value is -0.120. The lowest BCUT2D eigenvalue weighted by Gasteiger charge is -2.46. The maximum atomic E-state index is 8.86. The normalized spacial score (nSPS) is 38.6. The van der Waals surface area contributed by atoms with Gasteiger partial charge < -0.3 is 16.2 Å². The van der Waals surface area contributed by atoms with Gasteiger partial charge in [0.1, 0.15) is 0 Å². The van der Waals surface area contributed by atoms with Crippen molar-refractivity contribution in [2.75, 3.05) is 19.7 Å². The minimum atomic E-state index is 0.0698. The third-order valence-electron chi connectivity index (χ3n) is 3.96. The molecule has 1 aliphatic carbocycles. The third-order valence-corrected chi connectivity index (χ3v) is 3.96. The van der Waals surface area contributed by atoms with Crippen molar-refractivity contribution in [1.82, 2.24) is 5.32 Å². The molecule has 4 N–H and O–H groups in total. The Labute approximate surface area is 87.1 Å². The maximum Gasteiger partial charge on any atom is 0.0556 e. The zero-order valence-electron chi connectivity index (χ0n) is 9.42. The van der Waals surface area contributed by atoms with Crippen LogP contribution in [0.5, 0.6) is 0 Å². The van der Waals surface area contributed by atoms with Gasteiger partial charge in [0.05, 0.1) is 6.61 Å². The fourth-order valence-electron chi connectivity index (χ4n) is 2.68. The molecule has 1 aliphatic rings. The SMILES string of the molecule is CC1CCCC(CN)(NCCO)C1C. The van der Waals surface area contributed by atoms with Crippen LogP contribution >= 0.6 is 0 Å². The molecule has 0 heterocycles. The van der Waals surface area contributed by atoms with Gasteiger partial charge in [0.15, 0.2) is 0 Å². The molecule has 14 heavy (non-hydrogen) atoms. The second kappa shape index (κ2) is 5.10. The first kappa shape index (κ1) is 12.0. The minimum Gasteiger partial charge on any atom is -0.395 e. The van der Waals surface area contributed by atoms with E-state index in [-0.39, 0.29) is 12.1 Å². The van der Waals surface area contributed by atoms with Gasteiger partial charge in [0, 0.05) is 18.6 Å². The summed E-state index contributed by atoms with van der Waals surface area (Å²) in [5.74, 6) is 1.34. The van der Waals surface area contributed by atoms with Crippen LogP contribution in [-0.4, -0.2) is 30.3 Å². The second-order valence-electron chi connectivity index (χ2n) is 4.67. The van der Waals surface area contributed by atoms with E-state index in [0.717, 1.165) is 12.3 Å². The number of aliphatic hydroxyl groups excluding tert-OH is 1. The van der Waals surface area contributed by atoms with Crippen LogP contribution in [0, 0.1) is 11.8 Å². The highest BCUT2D eigenvalue weighted by Crippen LogP contribution is 2.36. The highest BCUT2D eigenvalue weighted by molar-refractivity contribution is 4.98. The lowest BCUT2D eigenvalue weighted by atomic mass is 9.68. The average molecular weight is 200 g/mol. The molecule has 0 bridgehead atoms. The summed E-state index contributed by atoms with van der Waals surface area (Å²) < 4.78 is 0. The molecule has 0 radical (unpaired) electrons. The summed E-state index contributed by atoms with van der Waals surface area (Å²) in [5.41, 5.74) is 5.96. The summed E-state index contributed by atoms with van der Waals surface area (Å²) >= 11 is 0. The maximum absolute atomic E-state index is 8.86. The van der Waals surface area contributed by atoms with Crippen molar-refractivity contribution in [1.29, 1.82) is 0 Å². The van der Waals surface area contributed by atoms with E-state index in [4.69, 9.17) is 10.8 Å². The Morgan fingerprint density at radius 3 is 2.79 bits per heavy atom. The first-order valence-corrected chi connectivity index (χ1v) is 5.72. The molecule has 1 rings (SSSR count). The Bertz CT molecular complexity index is 175. The standard InChI is InChI=1S/C11H24N2O/c1-9-4-3-5-11(8-12,10(9)2)13-6-7-14/h9-10,13-14H,3-8,12H2,1-2H3. The van der Waals surface area contributed by atoms with Crippen molar-refractivity contribution in [2.45, 2.75) is 38.6 Å². The molecule has 0 saturated heterocycles. The van der Waals surface area contributed by atoms with Crippen LogP contribution in [0.3, 0.4) is 0 Å². The van der Waals surface area contributed by atoms with Gasteiger partial charge in [-0.2, -0.15) is 0 Å². The third kappa shape index (κ3) is 2.27. The number of hydrogen-bond acceptors (Lipinski definition) is 3. The summed E-state index contributed by atoms with van der Waals surface area (Å²) in [6, 6.07) is 0. The molecule has 1 saturated carbocycles. The molecule has 0 amide bonds. The van der Waals surface area contributed by atoms with Crippen LogP contribution in [0.25, 0.3) is 0 Å². The van der Waals surface area contributed by atoms with Crippen LogP contribution in [-0.2, 0) is 0 Å². The van der Waals surface area contributed by atoms with Crippen LogP contribution in [0.4, 0.5) is 0 Å². The molecule has 3 atom stereocenters. The molecule has 84 valence electrons. The van der Waals surface area contributed by atoms with Gasteiger partial charge in [-0.3, -0.25) is 0 Å². The molecule has 3 heteroatoms. The van der Waals surface area contributed by atoms with Crippen LogP contribution in [0.2, 0.25) is 0 Å².